The predicted molar refractivity (Wildman–Crippen MR) is 70.8 cm³/mol. The molecule has 1 aliphatic heterocycles. The molecule has 2 N–H and O–H groups in total. The molecule has 0 aliphatic carbocycles. The molecule has 0 aromatic carbocycles. The van der Waals surface area contributed by atoms with E-state index < -0.39 is 12.0 Å². The molecule has 1 aromatic heterocycles. The summed E-state index contributed by atoms with van der Waals surface area (Å²) < 4.78 is 1.68. The standard InChI is InChI=1S/C11H16N4O3S/c1-7-8(4-14(2)13-7)3-12-11(18)15-6-19-5-9(15)10(16)17/h4,9H,3,5-6H2,1-2H3,(H,12,18)(H,16,17)/t9-/m0/s1. The summed E-state index contributed by atoms with van der Waals surface area (Å²) in [6.07, 6.45) is 1.84. The van der Waals surface area contributed by atoms with Gasteiger partial charge in [-0.15, -0.1) is 11.8 Å². The molecule has 0 radical (unpaired) electrons. The average molecular weight is 284 g/mol. The molecule has 1 atom stereocenters. The van der Waals surface area contributed by atoms with Crippen LogP contribution < -0.4 is 5.32 Å². The normalized spacial score (nSPS) is 18.6. The number of rotatable bonds is 3. The maximum Gasteiger partial charge on any atom is 0.327 e. The van der Waals surface area contributed by atoms with Gasteiger partial charge in [-0.25, -0.2) is 9.59 Å². The van der Waals surface area contributed by atoms with Gasteiger partial charge < -0.3 is 15.3 Å². The lowest BCUT2D eigenvalue weighted by molar-refractivity contribution is -0.140. The molecule has 7 nitrogen and oxygen atoms in total. The summed E-state index contributed by atoms with van der Waals surface area (Å²) in [6, 6.07) is -1.08. The van der Waals surface area contributed by atoms with Crippen LogP contribution in [0.25, 0.3) is 0 Å². The first-order valence-corrected chi connectivity index (χ1v) is 6.98. The second-order valence-corrected chi connectivity index (χ2v) is 5.40. The fourth-order valence-corrected chi connectivity index (χ4v) is 3.09. The Labute approximate surface area is 115 Å². The van der Waals surface area contributed by atoms with Crippen molar-refractivity contribution in [3.63, 3.8) is 0 Å². The molecule has 1 fully saturated rings. The van der Waals surface area contributed by atoms with Crippen molar-refractivity contribution in [2.75, 3.05) is 11.6 Å². The minimum Gasteiger partial charge on any atom is -0.480 e. The molecule has 2 rings (SSSR count). The fraction of sp³-hybridized carbons (Fsp3) is 0.545. The van der Waals surface area contributed by atoms with Crippen LogP contribution in [0.3, 0.4) is 0 Å². The molecular formula is C11H16N4O3S. The maximum absolute atomic E-state index is 12.0. The van der Waals surface area contributed by atoms with Gasteiger partial charge in [0.15, 0.2) is 0 Å². The third kappa shape index (κ3) is 3.01. The van der Waals surface area contributed by atoms with Gasteiger partial charge in [0.05, 0.1) is 11.6 Å². The van der Waals surface area contributed by atoms with E-state index in [0.29, 0.717) is 18.2 Å². The smallest absolute Gasteiger partial charge is 0.327 e. The van der Waals surface area contributed by atoms with Crippen molar-refractivity contribution in [3.05, 3.63) is 17.5 Å². The van der Waals surface area contributed by atoms with Crippen LogP contribution in [0.2, 0.25) is 0 Å². The van der Waals surface area contributed by atoms with Crippen LogP contribution in [-0.2, 0) is 18.4 Å². The van der Waals surface area contributed by atoms with Gasteiger partial charge in [-0.1, -0.05) is 0 Å². The third-order valence-corrected chi connectivity index (χ3v) is 3.99. The lowest BCUT2D eigenvalue weighted by Gasteiger charge is -2.20. The lowest BCUT2D eigenvalue weighted by atomic mass is 10.2. The van der Waals surface area contributed by atoms with Crippen LogP contribution in [-0.4, -0.2) is 49.5 Å². The van der Waals surface area contributed by atoms with E-state index in [1.54, 1.807) is 4.68 Å². The molecular weight excluding hydrogens is 268 g/mol. The molecule has 19 heavy (non-hydrogen) atoms. The van der Waals surface area contributed by atoms with Gasteiger partial charge in [0.1, 0.15) is 6.04 Å². The first kappa shape index (κ1) is 13.7. The minimum atomic E-state index is -0.960. The molecule has 0 spiro atoms. The zero-order chi connectivity index (χ0) is 14.0. The predicted octanol–water partition coefficient (Wildman–Crippen LogP) is 0.398. The Morgan fingerprint density at radius 2 is 2.37 bits per heavy atom. The molecule has 0 unspecified atom stereocenters. The number of carbonyl (C=O) groups excluding carboxylic acids is 1. The molecule has 104 valence electrons. The summed E-state index contributed by atoms with van der Waals surface area (Å²) >= 11 is 1.44. The summed E-state index contributed by atoms with van der Waals surface area (Å²) in [4.78, 5) is 24.3. The Morgan fingerprint density at radius 1 is 1.63 bits per heavy atom. The Hall–Kier alpha value is -1.70. The highest BCUT2D eigenvalue weighted by molar-refractivity contribution is 7.99. The van der Waals surface area contributed by atoms with Gasteiger partial charge in [0.25, 0.3) is 0 Å². The number of amides is 2. The number of aliphatic carboxylic acids is 1. The molecule has 0 saturated carbocycles. The average Bonchev–Trinajstić information content (AvgIpc) is 2.93. The number of carboxylic acid groups (broad SMARTS) is 1. The Kier molecular flexibility index (Phi) is 3.98. The van der Waals surface area contributed by atoms with E-state index in [-0.39, 0.29) is 6.03 Å². The number of aromatic nitrogens is 2. The highest BCUT2D eigenvalue weighted by atomic mass is 32.2. The van der Waals surface area contributed by atoms with E-state index in [1.807, 2.05) is 20.2 Å². The third-order valence-electron chi connectivity index (χ3n) is 2.97. The summed E-state index contributed by atoms with van der Waals surface area (Å²) in [7, 11) is 1.82. The van der Waals surface area contributed by atoms with Crippen molar-refractivity contribution < 1.29 is 14.7 Å². The topological polar surface area (TPSA) is 87.5 Å². The number of thioether (sulfide) groups is 1. The van der Waals surface area contributed by atoms with Crippen molar-refractivity contribution in [1.82, 2.24) is 20.0 Å². The SMILES string of the molecule is Cc1nn(C)cc1CNC(=O)N1CSC[C@H]1C(=O)O. The molecule has 1 aromatic rings. The minimum absolute atomic E-state index is 0.347. The van der Waals surface area contributed by atoms with E-state index in [0.717, 1.165) is 11.3 Å². The largest absolute Gasteiger partial charge is 0.480 e. The number of carboxylic acids is 1. The molecule has 2 heterocycles. The number of nitrogens with one attached hydrogen (secondary N) is 1. The maximum atomic E-state index is 12.0. The van der Waals surface area contributed by atoms with E-state index in [4.69, 9.17) is 5.11 Å². The summed E-state index contributed by atoms with van der Waals surface area (Å²) in [6.45, 7) is 2.22. The highest BCUT2D eigenvalue weighted by Gasteiger charge is 2.34. The van der Waals surface area contributed by atoms with Gasteiger partial charge in [0, 0.05) is 31.1 Å². The van der Waals surface area contributed by atoms with Crippen molar-refractivity contribution >= 4 is 23.8 Å². The van der Waals surface area contributed by atoms with Gasteiger partial charge >= 0.3 is 12.0 Å². The number of carbonyl (C=O) groups is 2. The first-order valence-electron chi connectivity index (χ1n) is 5.83. The van der Waals surface area contributed by atoms with E-state index >= 15 is 0 Å². The van der Waals surface area contributed by atoms with Gasteiger partial charge in [0.2, 0.25) is 0 Å². The first-order chi connectivity index (χ1) is 8.99. The van der Waals surface area contributed by atoms with Crippen molar-refractivity contribution in [1.29, 1.82) is 0 Å². The van der Waals surface area contributed by atoms with Crippen LogP contribution in [0, 0.1) is 6.92 Å². The highest BCUT2D eigenvalue weighted by Crippen LogP contribution is 2.21. The molecule has 0 bridgehead atoms. The summed E-state index contributed by atoms with van der Waals surface area (Å²) in [5.74, 6) is -0.110. The van der Waals surface area contributed by atoms with Crippen LogP contribution in [0.15, 0.2) is 6.20 Å². The van der Waals surface area contributed by atoms with Gasteiger partial charge in [-0.3, -0.25) is 4.68 Å². The zero-order valence-electron chi connectivity index (χ0n) is 10.8. The van der Waals surface area contributed by atoms with E-state index in [9.17, 15) is 9.59 Å². The summed E-state index contributed by atoms with van der Waals surface area (Å²) in [5.41, 5.74) is 1.78. The van der Waals surface area contributed by atoms with E-state index in [2.05, 4.69) is 10.4 Å². The number of urea groups is 1. The number of aryl methyl sites for hydroxylation is 2. The number of hydrogen-bond donors (Lipinski definition) is 2. The molecule has 1 saturated heterocycles. The van der Waals surface area contributed by atoms with Crippen LogP contribution in [0.5, 0.6) is 0 Å². The van der Waals surface area contributed by atoms with E-state index in [1.165, 1.54) is 16.7 Å². The molecule has 8 heteroatoms. The van der Waals surface area contributed by atoms with Crippen molar-refractivity contribution in [3.8, 4) is 0 Å². The second kappa shape index (κ2) is 5.52. The fourth-order valence-electron chi connectivity index (χ4n) is 1.94. The Morgan fingerprint density at radius 3 is 2.95 bits per heavy atom. The van der Waals surface area contributed by atoms with Gasteiger partial charge in [-0.2, -0.15) is 5.10 Å². The van der Waals surface area contributed by atoms with Crippen LogP contribution in [0.1, 0.15) is 11.3 Å². The zero-order valence-corrected chi connectivity index (χ0v) is 11.6. The van der Waals surface area contributed by atoms with Crippen molar-refractivity contribution in [2.45, 2.75) is 19.5 Å². The quantitative estimate of drug-likeness (QED) is 0.839. The Balaban J connectivity index is 1.94. The number of nitrogens with zero attached hydrogens (tertiary/aromatic N) is 3. The van der Waals surface area contributed by atoms with Crippen molar-refractivity contribution in [2.24, 2.45) is 7.05 Å². The second-order valence-electron chi connectivity index (χ2n) is 4.40. The van der Waals surface area contributed by atoms with Gasteiger partial charge in [-0.05, 0) is 6.92 Å². The van der Waals surface area contributed by atoms with Crippen LogP contribution in [0.4, 0.5) is 4.79 Å². The number of hydrogen-bond acceptors (Lipinski definition) is 4. The Bertz CT molecular complexity index is 502. The molecule has 2 amide bonds. The van der Waals surface area contributed by atoms with Crippen LogP contribution >= 0.6 is 11.8 Å². The lowest BCUT2D eigenvalue weighted by Crippen LogP contribution is -2.46. The monoisotopic (exact) mass is 284 g/mol. The summed E-state index contributed by atoms with van der Waals surface area (Å²) in [5, 5.41) is 15.9. The molecule has 1 aliphatic rings.